The van der Waals surface area contributed by atoms with Gasteiger partial charge in [-0.15, -0.1) is 0 Å². The molecule has 2 aromatic rings. The van der Waals surface area contributed by atoms with Crippen LogP contribution in [0.5, 0.6) is 0 Å². The van der Waals surface area contributed by atoms with Crippen molar-refractivity contribution >= 4 is 11.6 Å². The number of hydrogen-bond donors (Lipinski definition) is 1. The van der Waals surface area contributed by atoms with Crippen molar-refractivity contribution in [1.82, 2.24) is 10.2 Å². The Morgan fingerprint density at radius 2 is 1.81 bits per heavy atom. The third-order valence-electron chi connectivity index (χ3n) is 4.21. The molecule has 0 saturated carbocycles. The Morgan fingerprint density at radius 3 is 2.52 bits per heavy atom. The second-order valence-electron chi connectivity index (χ2n) is 5.96. The summed E-state index contributed by atoms with van der Waals surface area (Å²) in [5.74, 6) is 0. The molecule has 1 heterocycles. The minimum atomic E-state index is 0.0198. The molecule has 2 aromatic carbocycles. The maximum atomic E-state index is 5.96. The van der Waals surface area contributed by atoms with Gasteiger partial charge in [0.2, 0.25) is 0 Å². The lowest BCUT2D eigenvalue weighted by Crippen LogP contribution is -2.56. The van der Waals surface area contributed by atoms with Gasteiger partial charge in [-0.1, -0.05) is 54.1 Å². The highest BCUT2D eigenvalue weighted by molar-refractivity contribution is 6.30. The number of nitrogens with one attached hydrogen (secondary N) is 1. The lowest BCUT2D eigenvalue weighted by molar-refractivity contribution is 0.136. The molecule has 0 radical (unpaired) electrons. The van der Waals surface area contributed by atoms with Crippen molar-refractivity contribution in [3.8, 4) is 0 Å². The zero-order valence-electron chi connectivity index (χ0n) is 12.3. The molecule has 0 bridgehead atoms. The van der Waals surface area contributed by atoms with Crippen molar-refractivity contribution in [3.05, 3.63) is 70.7 Å². The molecular weight excluding hydrogens is 280 g/mol. The van der Waals surface area contributed by atoms with E-state index in [4.69, 9.17) is 11.6 Å². The van der Waals surface area contributed by atoms with Crippen LogP contribution < -0.4 is 5.32 Å². The Kier molecular flexibility index (Phi) is 4.29. The lowest BCUT2D eigenvalue weighted by Gasteiger charge is -2.42. The van der Waals surface area contributed by atoms with Crippen molar-refractivity contribution in [3.63, 3.8) is 0 Å². The molecule has 1 aliphatic rings. The number of piperazine rings is 1. The van der Waals surface area contributed by atoms with Crippen molar-refractivity contribution in [2.24, 2.45) is 0 Å². The minimum Gasteiger partial charge on any atom is -0.305 e. The molecule has 1 N–H and O–H groups in total. The number of halogens is 1. The van der Waals surface area contributed by atoms with Gasteiger partial charge in [-0.2, -0.15) is 0 Å². The Labute approximate surface area is 131 Å². The van der Waals surface area contributed by atoms with Gasteiger partial charge in [0.1, 0.15) is 0 Å². The van der Waals surface area contributed by atoms with Crippen LogP contribution in [-0.4, -0.2) is 24.5 Å². The highest BCUT2D eigenvalue weighted by Gasteiger charge is 2.31. The monoisotopic (exact) mass is 300 g/mol. The zero-order chi connectivity index (χ0) is 14.7. The maximum Gasteiger partial charge on any atom is 0.0535 e. The molecule has 0 amide bonds. The first-order valence-electron chi connectivity index (χ1n) is 7.43. The van der Waals surface area contributed by atoms with Crippen LogP contribution in [0.2, 0.25) is 5.02 Å². The van der Waals surface area contributed by atoms with Crippen LogP contribution in [0.25, 0.3) is 0 Å². The summed E-state index contributed by atoms with van der Waals surface area (Å²) < 4.78 is 0. The summed E-state index contributed by atoms with van der Waals surface area (Å²) in [6.45, 7) is 6.36. The Morgan fingerprint density at radius 1 is 1.10 bits per heavy atom. The second-order valence-corrected chi connectivity index (χ2v) is 6.40. The SMILES string of the molecule is CC1(c2ccccc2)CN(Cc2ccc(Cl)cc2)CCN1. The van der Waals surface area contributed by atoms with Gasteiger partial charge < -0.3 is 5.32 Å². The van der Waals surface area contributed by atoms with E-state index in [1.807, 2.05) is 12.1 Å². The number of benzene rings is 2. The van der Waals surface area contributed by atoms with Gasteiger partial charge in [0.15, 0.2) is 0 Å². The molecule has 2 nitrogen and oxygen atoms in total. The van der Waals surface area contributed by atoms with E-state index in [9.17, 15) is 0 Å². The van der Waals surface area contributed by atoms with Gasteiger partial charge in [-0.3, -0.25) is 4.90 Å². The molecule has 1 saturated heterocycles. The Hall–Kier alpha value is -1.35. The molecule has 0 spiro atoms. The van der Waals surface area contributed by atoms with E-state index in [0.29, 0.717) is 0 Å². The number of hydrogen-bond acceptors (Lipinski definition) is 2. The summed E-state index contributed by atoms with van der Waals surface area (Å²) in [7, 11) is 0. The van der Waals surface area contributed by atoms with E-state index in [-0.39, 0.29) is 5.54 Å². The van der Waals surface area contributed by atoms with Crippen LogP contribution in [0.15, 0.2) is 54.6 Å². The van der Waals surface area contributed by atoms with Crippen molar-refractivity contribution in [2.75, 3.05) is 19.6 Å². The predicted molar refractivity (Wildman–Crippen MR) is 88.5 cm³/mol. The van der Waals surface area contributed by atoms with Gasteiger partial charge in [-0.25, -0.2) is 0 Å². The van der Waals surface area contributed by atoms with Crippen LogP contribution in [0.3, 0.4) is 0 Å². The van der Waals surface area contributed by atoms with E-state index >= 15 is 0 Å². The van der Waals surface area contributed by atoms with Gasteiger partial charge >= 0.3 is 0 Å². The fourth-order valence-corrected chi connectivity index (χ4v) is 3.18. The molecule has 3 heteroatoms. The van der Waals surface area contributed by atoms with Crippen molar-refractivity contribution < 1.29 is 0 Å². The van der Waals surface area contributed by atoms with Crippen LogP contribution in [0, 0.1) is 0 Å². The van der Waals surface area contributed by atoms with Crippen LogP contribution in [-0.2, 0) is 12.1 Å². The van der Waals surface area contributed by atoms with E-state index in [1.54, 1.807) is 0 Å². The largest absolute Gasteiger partial charge is 0.305 e. The van der Waals surface area contributed by atoms with E-state index in [0.717, 1.165) is 31.2 Å². The Bertz CT molecular complexity index is 582. The third kappa shape index (κ3) is 3.46. The van der Waals surface area contributed by atoms with Crippen LogP contribution in [0.4, 0.5) is 0 Å². The van der Waals surface area contributed by atoms with E-state index in [1.165, 1.54) is 11.1 Å². The highest BCUT2D eigenvalue weighted by Crippen LogP contribution is 2.25. The second kappa shape index (κ2) is 6.18. The first kappa shape index (κ1) is 14.6. The summed E-state index contributed by atoms with van der Waals surface area (Å²) in [4.78, 5) is 2.51. The van der Waals surface area contributed by atoms with Gasteiger partial charge in [0, 0.05) is 31.2 Å². The predicted octanol–water partition coefficient (Wildman–Crippen LogP) is 3.66. The van der Waals surface area contributed by atoms with Crippen molar-refractivity contribution in [1.29, 1.82) is 0 Å². The van der Waals surface area contributed by atoms with Gasteiger partial charge in [-0.05, 0) is 30.2 Å². The normalized spacial score (nSPS) is 23.1. The molecule has 0 aliphatic carbocycles. The minimum absolute atomic E-state index is 0.0198. The molecule has 1 fully saturated rings. The fraction of sp³-hybridized carbons (Fsp3) is 0.333. The van der Waals surface area contributed by atoms with Gasteiger partial charge in [0.25, 0.3) is 0 Å². The molecule has 1 aliphatic heterocycles. The number of nitrogens with zero attached hydrogens (tertiary/aromatic N) is 1. The average molecular weight is 301 g/mol. The summed E-state index contributed by atoms with van der Waals surface area (Å²) in [5, 5.41) is 4.47. The standard InChI is InChI=1S/C18H21ClN2/c1-18(16-5-3-2-4-6-16)14-21(12-11-20-18)13-15-7-9-17(19)10-8-15/h2-10,20H,11-14H2,1H3. The Balaban J connectivity index is 1.72. The van der Waals surface area contributed by atoms with E-state index in [2.05, 4.69) is 59.6 Å². The third-order valence-corrected chi connectivity index (χ3v) is 4.47. The smallest absolute Gasteiger partial charge is 0.0535 e. The molecule has 1 atom stereocenters. The quantitative estimate of drug-likeness (QED) is 0.930. The average Bonchev–Trinajstić information content (AvgIpc) is 2.51. The molecule has 1 unspecified atom stereocenters. The first-order chi connectivity index (χ1) is 10.2. The zero-order valence-corrected chi connectivity index (χ0v) is 13.1. The molecule has 3 rings (SSSR count). The summed E-state index contributed by atoms with van der Waals surface area (Å²) >= 11 is 5.96. The van der Waals surface area contributed by atoms with Crippen LogP contribution in [0.1, 0.15) is 18.1 Å². The summed E-state index contributed by atoms with van der Waals surface area (Å²) in [6.07, 6.45) is 0. The molecule has 110 valence electrons. The van der Waals surface area contributed by atoms with E-state index < -0.39 is 0 Å². The molecule has 0 aromatic heterocycles. The van der Waals surface area contributed by atoms with Gasteiger partial charge in [0.05, 0.1) is 5.54 Å². The topological polar surface area (TPSA) is 15.3 Å². The van der Waals surface area contributed by atoms with Crippen molar-refractivity contribution in [2.45, 2.75) is 19.0 Å². The lowest BCUT2D eigenvalue weighted by atomic mass is 9.89. The van der Waals surface area contributed by atoms with Crippen LogP contribution >= 0.6 is 11.6 Å². The number of rotatable bonds is 3. The first-order valence-corrected chi connectivity index (χ1v) is 7.81. The molecular formula is C18H21ClN2. The molecule has 21 heavy (non-hydrogen) atoms. The fourth-order valence-electron chi connectivity index (χ4n) is 3.05. The summed E-state index contributed by atoms with van der Waals surface area (Å²) in [5.41, 5.74) is 2.69. The maximum absolute atomic E-state index is 5.96. The highest BCUT2D eigenvalue weighted by atomic mass is 35.5. The summed E-state index contributed by atoms with van der Waals surface area (Å²) in [6, 6.07) is 18.9.